The third kappa shape index (κ3) is 4.47. The smallest absolute Gasteiger partial charge is 0.0781 e. The van der Waals surface area contributed by atoms with Gasteiger partial charge in [0.2, 0.25) is 0 Å². The minimum absolute atomic E-state index is 0.897. The summed E-state index contributed by atoms with van der Waals surface area (Å²) in [7, 11) is 0. The first-order chi connectivity index (χ1) is 14.9. The first-order valence-electron chi connectivity index (χ1n) is 10.4. The fourth-order valence-corrected chi connectivity index (χ4v) is 3.65. The molecule has 0 amide bonds. The number of hydrogen-bond donors (Lipinski definition) is 0. The van der Waals surface area contributed by atoms with Crippen molar-refractivity contribution in [2.45, 2.75) is 13.3 Å². The Hall–Kier alpha value is -3.71. The summed E-state index contributed by atoms with van der Waals surface area (Å²) in [5.41, 5.74) is 7.81. The normalized spacial score (nSPS) is 11.5. The Balaban J connectivity index is 2.00. The molecule has 4 aromatic rings. The highest BCUT2D eigenvalue weighted by molar-refractivity contribution is 6.15. The van der Waals surface area contributed by atoms with Gasteiger partial charge in [0.15, 0.2) is 0 Å². The van der Waals surface area contributed by atoms with E-state index in [4.69, 9.17) is 4.99 Å². The zero-order chi connectivity index (χ0) is 20.6. The van der Waals surface area contributed by atoms with Crippen molar-refractivity contribution in [3.05, 3.63) is 144 Å². The lowest BCUT2D eigenvalue weighted by Gasteiger charge is -2.15. The molecular formula is C29H25N. The summed E-state index contributed by atoms with van der Waals surface area (Å²) < 4.78 is 0. The van der Waals surface area contributed by atoms with Crippen LogP contribution >= 0.6 is 0 Å². The van der Waals surface area contributed by atoms with Gasteiger partial charge in [-0.2, -0.15) is 0 Å². The van der Waals surface area contributed by atoms with Crippen molar-refractivity contribution in [1.82, 2.24) is 0 Å². The van der Waals surface area contributed by atoms with Gasteiger partial charge < -0.3 is 0 Å². The van der Waals surface area contributed by atoms with Gasteiger partial charge in [0, 0.05) is 16.7 Å². The Morgan fingerprint density at radius 2 is 0.867 bits per heavy atom. The summed E-state index contributed by atoms with van der Waals surface area (Å²) in [4.78, 5) is 5.33. The molecule has 0 fully saturated rings. The van der Waals surface area contributed by atoms with Crippen LogP contribution in [0.5, 0.6) is 0 Å². The molecule has 0 unspecified atom stereocenters. The van der Waals surface area contributed by atoms with Crippen molar-refractivity contribution >= 4 is 17.0 Å². The van der Waals surface area contributed by atoms with Gasteiger partial charge in [0.05, 0.1) is 11.4 Å². The minimum Gasteiger partial charge on any atom is -0.247 e. The summed E-state index contributed by atoms with van der Waals surface area (Å²) in [6, 6.07) is 41.9. The fraction of sp³-hybridized carbons (Fsp3) is 0.0690. The van der Waals surface area contributed by atoms with E-state index >= 15 is 0 Å². The number of benzene rings is 4. The third-order valence-corrected chi connectivity index (χ3v) is 5.13. The molecule has 0 aliphatic carbocycles. The standard InChI is InChI=1S/C29H25N/c1-2-27(23-15-7-3-8-16-23)29(26-21-13-6-14-22-26)30-28(24-17-9-4-10-18-24)25-19-11-5-12-20-25/h3-22H,2H2,1H3/b29-27+. The van der Waals surface area contributed by atoms with Crippen LogP contribution in [0.1, 0.15) is 35.6 Å². The molecule has 0 aliphatic rings. The minimum atomic E-state index is 0.897. The Labute approximate surface area is 179 Å². The fourth-order valence-electron chi connectivity index (χ4n) is 3.65. The van der Waals surface area contributed by atoms with E-state index in [1.807, 2.05) is 18.2 Å². The first kappa shape index (κ1) is 19.6. The van der Waals surface area contributed by atoms with Gasteiger partial charge in [-0.05, 0) is 17.6 Å². The maximum Gasteiger partial charge on any atom is 0.0781 e. The molecule has 0 radical (unpaired) electrons. The second-order valence-corrected chi connectivity index (χ2v) is 7.11. The molecule has 1 heteroatoms. The monoisotopic (exact) mass is 387 g/mol. The van der Waals surface area contributed by atoms with Gasteiger partial charge in [-0.15, -0.1) is 0 Å². The molecule has 0 spiro atoms. The van der Waals surface area contributed by atoms with Gasteiger partial charge in [-0.25, -0.2) is 4.99 Å². The van der Waals surface area contributed by atoms with Crippen LogP contribution in [0.2, 0.25) is 0 Å². The zero-order valence-corrected chi connectivity index (χ0v) is 17.2. The molecule has 4 aromatic carbocycles. The largest absolute Gasteiger partial charge is 0.247 e. The van der Waals surface area contributed by atoms with Crippen LogP contribution in [-0.2, 0) is 0 Å². The van der Waals surface area contributed by atoms with Gasteiger partial charge in [0.25, 0.3) is 0 Å². The quantitative estimate of drug-likeness (QED) is 0.240. The van der Waals surface area contributed by atoms with Crippen LogP contribution in [0.15, 0.2) is 126 Å². The van der Waals surface area contributed by atoms with E-state index in [-0.39, 0.29) is 0 Å². The van der Waals surface area contributed by atoms with Gasteiger partial charge >= 0.3 is 0 Å². The van der Waals surface area contributed by atoms with Crippen molar-refractivity contribution < 1.29 is 0 Å². The van der Waals surface area contributed by atoms with Gasteiger partial charge in [-0.3, -0.25) is 0 Å². The lowest BCUT2D eigenvalue weighted by atomic mass is 9.96. The molecule has 0 aromatic heterocycles. The van der Waals surface area contributed by atoms with Crippen LogP contribution in [-0.4, -0.2) is 5.71 Å². The Kier molecular flexibility index (Phi) is 6.31. The summed E-state index contributed by atoms with van der Waals surface area (Å²) in [6.07, 6.45) is 0.897. The maximum atomic E-state index is 5.33. The zero-order valence-electron chi connectivity index (χ0n) is 17.2. The maximum absolute atomic E-state index is 5.33. The van der Waals surface area contributed by atoms with Crippen molar-refractivity contribution in [3.63, 3.8) is 0 Å². The van der Waals surface area contributed by atoms with E-state index in [0.717, 1.165) is 34.5 Å². The number of hydrogen-bond acceptors (Lipinski definition) is 1. The second kappa shape index (κ2) is 9.67. The Bertz CT molecular complexity index is 1080. The van der Waals surface area contributed by atoms with Gasteiger partial charge in [0.1, 0.15) is 0 Å². The molecule has 4 rings (SSSR count). The predicted molar refractivity (Wildman–Crippen MR) is 129 cm³/mol. The summed E-state index contributed by atoms with van der Waals surface area (Å²) in [6.45, 7) is 2.20. The van der Waals surface area contributed by atoms with E-state index in [9.17, 15) is 0 Å². The summed E-state index contributed by atoms with van der Waals surface area (Å²) in [5, 5.41) is 0. The van der Waals surface area contributed by atoms with Crippen LogP contribution in [0.25, 0.3) is 11.3 Å². The molecule has 0 N–H and O–H groups in total. The van der Waals surface area contributed by atoms with Gasteiger partial charge in [-0.1, -0.05) is 128 Å². The topological polar surface area (TPSA) is 12.4 Å². The van der Waals surface area contributed by atoms with Crippen molar-refractivity contribution in [2.24, 2.45) is 4.99 Å². The molecule has 0 saturated heterocycles. The molecule has 0 bridgehead atoms. The number of nitrogens with zero attached hydrogens (tertiary/aromatic N) is 1. The molecule has 30 heavy (non-hydrogen) atoms. The third-order valence-electron chi connectivity index (χ3n) is 5.13. The van der Waals surface area contributed by atoms with Crippen LogP contribution in [0, 0.1) is 0 Å². The SMILES string of the molecule is CC/C(=C(\N=C(c1ccccc1)c1ccccc1)c1ccccc1)c1ccccc1. The van der Waals surface area contributed by atoms with Crippen molar-refractivity contribution in [1.29, 1.82) is 0 Å². The van der Waals surface area contributed by atoms with E-state index in [1.165, 1.54) is 11.1 Å². The van der Waals surface area contributed by atoms with Crippen molar-refractivity contribution in [2.75, 3.05) is 0 Å². The van der Waals surface area contributed by atoms with Crippen LogP contribution in [0.4, 0.5) is 0 Å². The van der Waals surface area contributed by atoms with Crippen molar-refractivity contribution in [3.8, 4) is 0 Å². The number of aliphatic imine (C=N–C) groups is 1. The number of rotatable bonds is 6. The second-order valence-electron chi connectivity index (χ2n) is 7.11. The highest BCUT2D eigenvalue weighted by Crippen LogP contribution is 2.31. The van der Waals surface area contributed by atoms with E-state index in [1.54, 1.807) is 0 Å². The van der Waals surface area contributed by atoms with E-state index < -0.39 is 0 Å². The molecule has 146 valence electrons. The highest BCUT2D eigenvalue weighted by Gasteiger charge is 2.13. The summed E-state index contributed by atoms with van der Waals surface area (Å²) >= 11 is 0. The average molecular weight is 388 g/mol. The molecule has 1 nitrogen and oxygen atoms in total. The Morgan fingerprint density at radius 3 is 1.27 bits per heavy atom. The van der Waals surface area contributed by atoms with E-state index in [2.05, 4.69) is 110 Å². The molecular weight excluding hydrogens is 362 g/mol. The lowest BCUT2D eigenvalue weighted by molar-refractivity contribution is 1.23. The predicted octanol–water partition coefficient (Wildman–Crippen LogP) is 7.50. The van der Waals surface area contributed by atoms with Crippen LogP contribution in [0.3, 0.4) is 0 Å². The first-order valence-corrected chi connectivity index (χ1v) is 10.4. The summed E-state index contributed by atoms with van der Waals surface area (Å²) in [5.74, 6) is 0. The molecule has 0 heterocycles. The highest BCUT2D eigenvalue weighted by atomic mass is 14.8. The molecule has 0 saturated carbocycles. The Morgan fingerprint density at radius 1 is 0.500 bits per heavy atom. The number of allylic oxidation sites excluding steroid dienone is 1. The van der Waals surface area contributed by atoms with Crippen LogP contribution < -0.4 is 0 Å². The molecule has 0 aliphatic heterocycles. The average Bonchev–Trinajstić information content (AvgIpc) is 2.84. The molecule has 0 atom stereocenters. The van der Waals surface area contributed by atoms with E-state index in [0.29, 0.717) is 0 Å². The lowest BCUT2D eigenvalue weighted by Crippen LogP contribution is -2.04.